The maximum absolute atomic E-state index is 12.8. The van der Waals surface area contributed by atoms with Crippen LogP contribution in [0.5, 0.6) is 0 Å². The molecule has 32 heavy (non-hydrogen) atoms. The molecule has 0 saturated carbocycles. The van der Waals surface area contributed by atoms with Crippen molar-refractivity contribution < 1.29 is 14.0 Å². The molecule has 2 amide bonds. The Balaban J connectivity index is 1.51. The van der Waals surface area contributed by atoms with Crippen molar-refractivity contribution in [2.45, 2.75) is 27.7 Å². The highest BCUT2D eigenvalue weighted by molar-refractivity contribution is 7.14. The SMILES string of the molecule is Cc1cc(C)c(-c2csc(NC(=O)c3ccc(C)c(NC(=O)c4ccco4)c3)n2)cc1C. The first-order valence-electron chi connectivity index (χ1n) is 10.1. The van der Waals surface area contributed by atoms with Crippen molar-refractivity contribution in [3.8, 4) is 11.3 Å². The topological polar surface area (TPSA) is 84.2 Å². The molecule has 0 saturated heterocycles. The van der Waals surface area contributed by atoms with Crippen molar-refractivity contribution in [2.24, 2.45) is 0 Å². The van der Waals surface area contributed by atoms with Gasteiger partial charge in [0, 0.05) is 22.2 Å². The molecule has 0 aliphatic rings. The van der Waals surface area contributed by atoms with Crippen LogP contribution in [0.15, 0.2) is 58.5 Å². The van der Waals surface area contributed by atoms with Crippen molar-refractivity contribution in [3.05, 3.63) is 87.7 Å². The van der Waals surface area contributed by atoms with Crippen LogP contribution in [-0.2, 0) is 0 Å². The van der Waals surface area contributed by atoms with Gasteiger partial charge in [-0.25, -0.2) is 4.98 Å². The molecule has 0 aliphatic heterocycles. The molecule has 162 valence electrons. The van der Waals surface area contributed by atoms with E-state index < -0.39 is 0 Å². The van der Waals surface area contributed by atoms with Crippen LogP contribution in [0.25, 0.3) is 11.3 Å². The summed E-state index contributed by atoms with van der Waals surface area (Å²) in [5, 5.41) is 8.11. The number of nitrogens with one attached hydrogen (secondary N) is 2. The van der Waals surface area contributed by atoms with Gasteiger partial charge in [0.25, 0.3) is 11.8 Å². The van der Waals surface area contributed by atoms with Crippen LogP contribution in [0.3, 0.4) is 0 Å². The molecule has 0 bridgehead atoms. The minimum absolute atomic E-state index is 0.205. The molecule has 0 aliphatic carbocycles. The average molecular weight is 446 g/mol. The summed E-state index contributed by atoms with van der Waals surface area (Å²) in [6.45, 7) is 8.08. The van der Waals surface area contributed by atoms with E-state index in [2.05, 4.69) is 48.5 Å². The summed E-state index contributed by atoms with van der Waals surface area (Å²) < 4.78 is 5.13. The number of aromatic nitrogens is 1. The summed E-state index contributed by atoms with van der Waals surface area (Å²) >= 11 is 1.38. The Hall–Kier alpha value is -3.71. The minimum atomic E-state index is -0.371. The lowest BCUT2D eigenvalue weighted by Gasteiger charge is -2.10. The number of carbonyl (C=O) groups excluding carboxylic acids is 2. The van der Waals surface area contributed by atoms with Crippen LogP contribution in [0, 0.1) is 27.7 Å². The molecule has 0 unspecified atom stereocenters. The number of benzene rings is 2. The highest BCUT2D eigenvalue weighted by atomic mass is 32.1. The number of furan rings is 1. The van der Waals surface area contributed by atoms with Crippen LogP contribution in [0.2, 0.25) is 0 Å². The third-order valence-corrected chi connectivity index (χ3v) is 6.09. The summed E-state index contributed by atoms with van der Waals surface area (Å²) in [6.07, 6.45) is 1.44. The van der Waals surface area contributed by atoms with Crippen LogP contribution < -0.4 is 10.6 Å². The zero-order valence-electron chi connectivity index (χ0n) is 18.3. The van der Waals surface area contributed by atoms with E-state index in [4.69, 9.17) is 4.42 Å². The number of hydrogen-bond donors (Lipinski definition) is 2. The molecule has 0 radical (unpaired) electrons. The molecular weight excluding hydrogens is 422 g/mol. The Morgan fingerprint density at radius 3 is 2.41 bits per heavy atom. The van der Waals surface area contributed by atoms with Crippen molar-refractivity contribution in [1.82, 2.24) is 4.98 Å². The molecule has 4 aromatic rings. The van der Waals surface area contributed by atoms with Crippen molar-refractivity contribution in [1.29, 1.82) is 0 Å². The Morgan fingerprint density at radius 2 is 1.66 bits per heavy atom. The Labute approximate surface area is 190 Å². The number of aryl methyl sites for hydroxylation is 4. The first-order chi connectivity index (χ1) is 15.3. The zero-order valence-corrected chi connectivity index (χ0v) is 19.1. The predicted octanol–water partition coefficient (Wildman–Crippen LogP) is 6.14. The van der Waals surface area contributed by atoms with E-state index >= 15 is 0 Å². The van der Waals surface area contributed by atoms with E-state index in [-0.39, 0.29) is 17.6 Å². The predicted molar refractivity (Wildman–Crippen MR) is 128 cm³/mol. The van der Waals surface area contributed by atoms with Crippen LogP contribution in [-0.4, -0.2) is 16.8 Å². The standard InChI is InChI=1S/C25H23N3O3S/c1-14-7-8-18(12-20(14)26-24(30)22-6-5-9-31-22)23(29)28-25-27-21(13-32-25)19-11-16(3)15(2)10-17(19)4/h5-13H,1-4H3,(H,26,30)(H,27,28,29). The normalized spacial score (nSPS) is 10.8. The summed E-state index contributed by atoms with van der Waals surface area (Å²) in [5.41, 5.74) is 7.28. The lowest BCUT2D eigenvalue weighted by atomic mass is 9.99. The van der Waals surface area contributed by atoms with E-state index in [1.165, 1.54) is 28.7 Å². The fourth-order valence-corrected chi connectivity index (χ4v) is 4.06. The second-order valence-corrected chi connectivity index (χ2v) is 8.56. The maximum Gasteiger partial charge on any atom is 0.291 e. The number of thiazole rings is 1. The van der Waals surface area contributed by atoms with Gasteiger partial charge in [0.1, 0.15) is 0 Å². The van der Waals surface area contributed by atoms with E-state index in [1.807, 2.05) is 12.3 Å². The third-order valence-electron chi connectivity index (χ3n) is 5.33. The molecule has 2 aromatic heterocycles. The highest BCUT2D eigenvalue weighted by Crippen LogP contribution is 2.30. The van der Waals surface area contributed by atoms with Crippen LogP contribution in [0.4, 0.5) is 10.8 Å². The zero-order chi connectivity index (χ0) is 22.8. The van der Waals surface area contributed by atoms with Gasteiger partial charge in [-0.15, -0.1) is 11.3 Å². The van der Waals surface area contributed by atoms with Gasteiger partial charge in [-0.2, -0.15) is 0 Å². The lowest BCUT2D eigenvalue weighted by Crippen LogP contribution is -2.15. The van der Waals surface area contributed by atoms with Gasteiger partial charge in [-0.05, 0) is 80.3 Å². The fourth-order valence-electron chi connectivity index (χ4n) is 3.35. The summed E-state index contributed by atoms with van der Waals surface area (Å²) in [5.74, 6) is -0.462. The number of hydrogen-bond acceptors (Lipinski definition) is 5. The fraction of sp³-hybridized carbons (Fsp3) is 0.160. The van der Waals surface area contributed by atoms with Crippen molar-refractivity contribution >= 4 is 34.0 Å². The quantitative estimate of drug-likeness (QED) is 0.386. The molecule has 7 heteroatoms. The molecule has 0 atom stereocenters. The molecule has 2 N–H and O–H groups in total. The van der Waals surface area contributed by atoms with Gasteiger partial charge < -0.3 is 9.73 Å². The van der Waals surface area contributed by atoms with Crippen molar-refractivity contribution in [3.63, 3.8) is 0 Å². The molecule has 2 heterocycles. The van der Waals surface area contributed by atoms with E-state index in [9.17, 15) is 9.59 Å². The van der Waals surface area contributed by atoms with Crippen LogP contribution >= 0.6 is 11.3 Å². The van der Waals surface area contributed by atoms with Gasteiger partial charge in [-0.3, -0.25) is 14.9 Å². The average Bonchev–Trinajstić information content (AvgIpc) is 3.44. The van der Waals surface area contributed by atoms with Gasteiger partial charge >= 0.3 is 0 Å². The molecular formula is C25H23N3O3S. The van der Waals surface area contributed by atoms with Gasteiger partial charge in [-0.1, -0.05) is 12.1 Å². The minimum Gasteiger partial charge on any atom is -0.459 e. The van der Waals surface area contributed by atoms with Crippen LogP contribution in [0.1, 0.15) is 43.2 Å². The Bertz CT molecular complexity index is 1310. The number of anilines is 2. The van der Waals surface area contributed by atoms with Crippen molar-refractivity contribution in [2.75, 3.05) is 10.6 Å². The molecule has 4 rings (SSSR count). The van der Waals surface area contributed by atoms with Gasteiger partial charge in [0.15, 0.2) is 10.9 Å². The monoisotopic (exact) mass is 445 g/mol. The second-order valence-electron chi connectivity index (χ2n) is 7.70. The van der Waals surface area contributed by atoms with E-state index in [0.29, 0.717) is 16.4 Å². The third kappa shape index (κ3) is 4.48. The Morgan fingerprint density at radius 1 is 0.875 bits per heavy atom. The summed E-state index contributed by atoms with van der Waals surface area (Å²) in [7, 11) is 0. The number of nitrogens with zero attached hydrogens (tertiary/aromatic N) is 1. The molecule has 6 nitrogen and oxygen atoms in total. The van der Waals surface area contributed by atoms with Gasteiger partial charge in [0.2, 0.25) is 0 Å². The van der Waals surface area contributed by atoms with Gasteiger partial charge in [0.05, 0.1) is 12.0 Å². The molecule has 0 fully saturated rings. The molecule has 0 spiro atoms. The lowest BCUT2D eigenvalue weighted by molar-refractivity contribution is 0.0993. The molecule has 2 aromatic carbocycles. The first kappa shape index (κ1) is 21.5. The Kier molecular flexibility index (Phi) is 5.92. The largest absolute Gasteiger partial charge is 0.459 e. The highest BCUT2D eigenvalue weighted by Gasteiger charge is 2.15. The first-order valence-corrected chi connectivity index (χ1v) is 11.0. The summed E-state index contributed by atoms with van der Waals surface area (Å²) in [4.78, 5) is 29.7. The smallest absolute Gasteiger partial charge is 0.291 e. The van der Waals surface area contributed by atoms with E-state index in [0.717, 1.165) is 22.4 Å². The number of carbonyl (C=O) groups is 2. The maximum atomic E-state index is 12.8. The number of rotatable bonds is 5. The number of amides is 2. The second kappa shape index (κ2) is 8.80. The summed E-state index contributed by atoms with van der Waals surface area (Å²) in [6, 6.07) is 12.7. The van der Waals surface area contributed by atoms with E-state index in [1.54, 1.807) is 30.3 Å².